The number of hydrogen-bond donors (Lipinski definition) is 2. The average Bonchev–Trinajstić information content (AvgIpc) is 3.34. The summed E-state index contributed by atoms with van der Waals surface area (Å²) in [6.07, 6.45) is 12.5. The quantitative estimate of drug-likeness (QED) is 0.0805. The van der Waals surface area contributed by atoms with Crippen LogP contribution in [-0.4, -0.2) is 163 Å². The van der Waals surface area contributed by atoms with E-state index in [2.05, 4.69) is 0 Å². The number of esters is 2. The standard InChI is InChI=1S/C54H87NO15/c1-33-18-16-20-48(59)69-52(39(7)51(67-14)35(3)23-26-43(57)37(5)45(64-11)19-17-27-55(8)32-56)36(4)22-25-40(62-9)29-44(58)34(2)21-24-41(63-10)30-46(65-12)38(6)53-50(61)42(31-49(60)70-53)54(68-15)47(28-33)66-13/h16-18,20-22,24-25,27,31-32,34-41,44-47,50-54,58,61H,19,23,26,28-30H2,1-15H3/t34?,35?,36?,37?,38?,39?,40?,41?,44?,45?,46?,47?,50-,51?,52?,53-,54?/m0/s1. The average molecular weight is 990 g/mol. The van der Waals surface area contributed by atoms with E-state index in [9.17, 15) is 29.4 Å². The highest BCUT2D eigenvalue weighted by atomic mass is 16.6. The highest BCUT2D eigenvalue weighted by Crippen LogP contribution is 2.34. The van der Waals surface area contributed by atoms with Crippen LogP contribution >= 0.6 is 0 Å². The maximum Gasteiger partial charge on any atom is 0.331 e. The minimum Gasteiger partial charge on any atom is -0.458 e. The molecule has 2 aliphatic heterocycles. The van der Waals surface area contributed by atoms with Gasteiger partial charge >= 0.3 is 11.9 Å². The smallest absolute Gasteiger partial charge is 0.331 e. The fourth-order valence-corrected chi connectivity index (χ4v) is 9.43. The van der Waals surface area contributed by atoms with E-state index in [1.54, 1.807) is 67.0 Å². The van der Waals surface area contributed by atoms with Crippen LogP contribution in [0.1, 0.15) is 87.0 Å². The normalized spacial score (nSPS) is 31.4. The maximum absolute atomic E-state index is 13.7. The summed E-state index contributed by atoms with van der Waals surface area (Å²) >= 11 is 0. The molecular weight excluding hydrogens is 903 g/mol. The monoisotopic (exact) mass is 990 g/mol. The number of cyclic esters (lactones) is 1. The summed E-state index contributed by atoms with van der Waals surface area (Å²) in [7, 11) is 12.5. The van der Waals surface area contributed by atoms with Crippen molar-refractivity contribution in [3.63, 3.8) is 0 Å². The second kappa shape index (κ2) is 32.3. The van der Waals surface area contributed by atoms with Crippen molar-refractivity contribution < 1.29 is 72.0 Å². The third kappa shape index (κ3) is 19.3. The predicted octanol–water partition coefficient (Wildman–Crippen LogP) is 6.53. The Morgan fingerprint density at radius 2 is 1.46 bits per heavy atom. The summed E-state index contributed by atoms with van der Waals surface area (Å²) in [6.45, 7) is 13.4. The summed E-state index contributed by atoms with van der Waals surface area (Å²) in [5.74, 6) is -3.15. The topological polar surface area (TPSA) is 195 Å². The minimum absolute atomic E-state index is 0.0438. The number of allylic oxidation sites excluding steroid dienone is 2. The van der Waals surface area contributed by atoms with Gasteiger partial charge in [-0.05, 0) is 32.1 Å². The van der Waals surface area contributed by atoms with Crippen molar-refractivity contribution in [2.45, 2.75) is 154 Å². The number of fused-ring (bicyclic) bond motifs is 2. The van der Waals surface area contributed by atoms with E-state index in [1.165, 1.54) is 31.3 Å². The van der Waals surface area contributed by atoms with Crippen LogP contribution in [-0.2, 0) is 61.8 Å². The van der Waals surface area contributed by atoms with Gasteiger partial charge in [-0.25, -0.2) is 9.59 Å². The number of Topliss-reactive ketones (excluding diaryl/α,β-unsaturated/α-hetero) is 1. The van der Waals surface area contributed by atoms with E-state index < -0.39 is 84.8 Å². The molecule has 1 amide bonds. The van der Waals surface area contributed by atoms with Crippen molar-refractivity contribution in [3.8, 4) is 0 Å². The predicted molar refractivity (Wildman–Crippen MR) is 267 cm³/mol. The fourth-order valence-electron chi connectivity index (χ4n) is 9.43. The molecule has 0 aliphatic carbocycles. The van der Waals surface area contributed by atoms with Crippen molar-refractivity contribution in [1.82, 2.24) is 4.90 Å². The molecule has 0 saturated heterocycles. The van der Waals surface area contributed by atoms with E-state index in [0.29, 0.717) is 37.7 Å². The summed E-state index contributed by atoms with van der Waals surface area (Å²) in [5.41, 5.74) is 1.12. The van der Waals surface area contributed by atoms with E-state index in [0.717, 1.165) is 5.57 Å². The van der Waals surface area contributed by atoms with Gasteiger partial charge in [0.25, 0.3) is 0 Å². The molecule has 70 heavy (non-hydrogen) atoms. The van der Waals surface area contributed by atoms with Gasteiger partial charge in [0.05, 0.1) is 42.7 Å². The number of aliphatic hydroxyl groups is 2. The first-order valence-corrected chi connectivity index (χ1v) is 24.5. The number of ketones is 1. The number of rotatable bonds is 19. The third-order valence-electron chi connectivity index (χ3n) is 14.1. The summed E-state index contributed by atoms with van der Waals surface area (Å²) in [6, 6.07) is 0. The number of aliphatic hydroxyl groups excluding tert-OH is 2. The van der Waals surface area contributed by atoms with Crippen LogP contribution in [0.25, 0.3) is 0 Å². The van der Waals surface area contributed by atoms with Crippen molar-refractivity contribution in [2.24, 2.45) is 35.5 Å². The number of carbonyl (C=O) groups excluding carboxylic acids is 4. The lowest BCUT2D eigenvalue weighted by molar-refractivity contribution is -0.162. The van der Waals surface area contributed by atoms with Crippen LogP contribution in [0.3, 0.4) is 0 Å². The van der Waals surface area contributed by atoms with Gasteiger partial charge in [-0.1, -0.05) is 89.6 Å². The van der Waals surface area contributed by atoms with Crippen LogP contribution < -0.4 is 0 Å². The van der Waals surface area contributed by atoms with E-state index in [4.69, 9.17) is 42.6 Å². The first-order chi connectivity index (χ1) is 33.2. The van der Waals surface area contributed by atoms with E-state index >= 15 is 0 Å². The Bertz CT molecular complexity index is 1780. The molecule has 17 atom stereocenters. The molecule has 15 unspecified atom stereocenters. The Labute approximate surface area is 418 Å². The van der Waals surface area contributed by atoms with Crippen molar-refractivity contribution in [2.75, 3.05) is 56.8 Å². The van der Waals surface area contributed by atoms with Crippen LogP contribution in [0.15, 0.2) is 72.0 Å². The lowest BCUT2D eigenvalue weighted by atomic mass is 9.81. The summed E-state index contributed by atoms with van der Waals surface area (Å²) in [4.78, 5) is 52.7. The zero-order valence-corrected chi connectivity index (χ0v) is 44.6. The zero-order valence-electron chi connectivity index (χ0n) is 44.6. The molecule has 2 rings (SSSR count). The maximum atomic E-state index is 13.7. The van der Waals surface area contributed by atoms with Gasteiger partial charge < -0.3 is 57.7 Å². The molecule has 2 heterocycles. The number of hydrogen-bond acceptors (Lipinski definition) is 15. The lowest BCUT2D eigenvalue weighted by Gasteiger charge is -2.39. The largest absolute Gasteiger partial charge is 0.458 e. The number of methoxy groups -OCH3 is 7. The van der Waals surface area contributed by atoms with Crippen molar-refractivity contribution >= 4 is 24.1 Å². The lowest BCUT2D eigenvalue weighted by Crippen LogP contribution is -2.50. The molecule has 398 valence electrons. The second-order valence-electron chi connectivity index (χ2n) is 19.1. The van der Waals surface area contributed by atoms with Gasteiger partial charge in [-0.2, -0.15) is 0 Å². The first kappa shape index (κ1) is 62.3. The summed E-state index contributed by atoms with van der Waals surface area (Å²) < 4.78 is 53.1. The molecule has 2 aliphatic rings. The van der Waals surface area contributed by atoms with Crippen LogP contribution in [0.5, 0.6) is 0 Å². The second-order valence-corrected chi connectivity index (χ2v) is 19.1. The van der Waals surface area contributed by atoms with Gasteiger partial charge in [0, 0.05) is 130 Å². The number of amides is 1. The molecule has 0 aromatic heterocycles. The molecule has 0 aromatic rings. The Hall–Kier alpha value is -3.84. The van der Waals surface area contributed by atoms with Gasteiger partial charge in [-0.3, -0.25) is 9.59 Å². The SMILES string of the molecule is COC1C=CC(C)C(C(C)C(OC)C(C)CCC(=O)C(C)C(CC=CN(C)C=O)OC)OC(=O)C=CC=C(C)CC(OC)C(OC)C2=CC(=O)O[C@@H](C(C)C(OC)CC(OC)C=CC(C)C(O)C1)[C@H]2O. The van der Waals surface area contributed by atoms with Gasteiger partial charge in [-0.15, -0.1) is 0 Å². The van der Waals surface area contributed by atoms with Gasteiger partial charge in [0.15, 0.2) is 0 Å². The molecule has 16 nitrogen and oxygen atoms in total. The first-order valence-electron chi connectivity index (χ1n) is 24.5. The fraction of sp³-hybridized carbons (Fsp3) is 0.704. The molecule has 16 heteroatoms. The molecule has 0 saturated carbocycles. The van der Waals surface area contributed by atoms with Crippen LogP contribution in [0.2, 0.25) is 0 Å². The molecule has 0 aromatic carbocycles. The number of ether oxygens (including phenoxy) is 9. The summed E-state index contributed by atoms with van der Waals surface area (Å²) in [5, 5.41) is 23.2. The number of nitrogens with zero attached hydrogens (tertiary/aromatic N) is 1. The highest BCUT2D eigenvalue weighted by molar-refractivity contribution is 5.84. The van der Waals surface area contributed by atoms with Crippen LogP contribution in [0, 0.1) is 35.5 Å². The molecule has 0 spiro atoms. The Morgan fingerprint density at radius 3 is 2.03 bits per heavy atom. The number of carbonyl (C=O) groups is 4. The highest BCUT2D eigenvalue weighted by Gasteiger charge is 2.43. The molecule has 0 fully saturated rings. The van der Waals surface area contributed by atoms with E-state index in [-0.39, 0.29) is 48.4 Å². The molecule has 2 N–H and O–H groups in total. The van der Waals surface area contributed by atoms with Gasteiger partial charge in [0.2, 0.25) is 6.41 Å². The third-order valence-corrected chi connectivity index (χ3v) is 14.1. The van der Waals surface area contributed by atoms with E-state index in [1.807, 2.05) is 72.8 Å². The molecular formula is C54H87NO15. The molecule has 2 bridgehead atoms. The van der Waals surface area contributed by atoms with Crippen LogP contribution in [0.4, 0.5) is 0 Å². The Morgan fingerprint density at radius 1 is 0.829 bits per heavy atom. The Kier molecular flexibility index (Phi) is 28.7. The Balaban J connectivity index is 2.55. The van der Waals surface area contributed by atoms with Crippen molar-refractivity contribution in [3.05, 3.63) is 72.0 Å². The zero-order chi connectivity index (χ0) is 52.7. The minimum atomic E-state index is -1.24. The van der Waals surface area contributed by atoms with Crippen molar-refractivity contribution in [1.29, 1.82) is 0 Å². The van der Waals surface area contributed by atoms with Gasteiger partial charge in [0.1, 0.15) is 30.2 Å². The molecule has 0 radical (unpaired) electrons.